The zero-order valence-corrected chi connectivity index (χ0v) is 10.4. The van der Waals surface area contributed by atoms with Gasteiger partial charge in [-0.25, -0.2) is 0 Å². The molecule has 8 heteroatoms. The first-order valence-corrected chi connectivity index (χ1v) is 5.81. The van der Waals surface area contributed by atoms with E-state index in [2.05, 4.69) is 4.98 Å². The molecule has 1 aromatic heterocycles. The average molecular weight is 274 g/mol. The third kappa shape index (κ3) is 2.13. The van der Waals surface area contributed by atoms with Crippen LogP contribution in [0.1, 0.15) is 11.8 Å². The third-order valence-corrected chi connectivity index (χ3v) is 3.25. The minimum atomic E-state index is -1.22. The fraction of sp³-hybridized carbons (Fsp3) is 0.600. The van der Waals surface area contributed by atoms with Crippen LogP contribution in [-0.4, -0.2) is 49.8 Å². The predicted octanol–water partition coefficient (Wildman–Crippen LogP) is -1.17. The molecule has 100 valence electrons. The molecule has 0 aliphatic carbocycles. The van der Waals surface area contributed by atoms with Gasteiger partial charge in [-0.2, -0.15) is 0 Å². The van der Waals surface area contributed by atoms with Crippen molar-refractivity contribution in [3.05, 3.63) is 26.9 Å². The molecule has 4 N–H and O–H groups in total. The molecule has 0 radical (unpaired) electrons. The Balaban J connectivity index is 2.42. The zero-order valence-electron chi connectivity index (χ0n) is 9.61. The Morgan fingerprint density at radius 3 is 2.72 bits per heavy atom. The van der Waals surface area contributed by atoms with Crippen molar-refractivity contribution < 1.29 is 20.1 Å². The molecule has 4 atom stereocenters. The third-order valence-electron chi connectivity index (χ3n) is 2.94. The first kappa shape index (κ1) is 13.4. The summed E-state index contributed by atoms with van der Waals surface area (Å²) < 4.78 is 6.76. The summed E-state index contributed by atoms with van der Waals surface area (Å²) in [6.45, 7) is 1.18. The number of ether oxygens (including phenoxy) is 1. The smallest absolute Gasteiger partial charge is 0.254 e. The molecule has 0 unspecified atom stereocenters. The van der Waals surface area contributed by atoms with Crippen molar-refractivity contribution in [3.8, 4) is 0 Å². The van der Waals surface area contributed by atoms with Gasteiger partial charge in [0.05, 0.1) is 6.61 Å². The van der Waals surface area contributed by atoms with Crippen LogP contribution in [0.3, 0.4) is 0 Å². The second-order valence-corrected chi connectivity index (χ2v) is 4.59. The monoisotopic (exact) mass is 274 g/mol. The Bertz CT molecular complexity index is 554. The molecular formula is C10H14N2O5S. The summed E-state index contributed by atoms with van der Waals surface area (Å²) in [5.41, 5.74) is 0.0873. The van der Waals surface area contributed by atoms with Gasteiger partial charge in [0.2, 0.25) is 0 Å². The largest absolute Gasteiger partial charge is 0.394 e. The van der Waals surface area contributed by atoms with Crippen LogP contribution in [0.25, 0.3) is 0 Å². The van der Waals surface area contributed by atoms with Crippen LogP contribution in [0.5, 0.6) is 0 Å². The van der Waals surface area contributed by atoms with E-state index in [0.29, 0.717) is 5.56 Å². The highest BCUT2D eigenvalue weighted by Gasteiger charge is 2.43. The summed E-state index contributed by atoms with van der Waals surface area (Å²) in [6.07, 6.45) is -2.78. The lowest BCUT2D eigenvalue weighted by Gasteiger charge is -2.18. The first-order chi connectivity index (χ1) is 8.45. The number of aliphatic hydroxyl groups excluding tert-OH is 3. The number of aryl methyl sites for hydroxylation is 1. The molecule has 18 heavy (non-hydrogen) atoms. The molecule has 0 bridgehead atoms. The average Bonchev–Trinajstić information content (AvgIpc) is 2.61. The van der Waals surface area contributed by atoms with Crippen molar-refractivity contribution in [1.29, 1.82) is 0 Å². The van der Waals surface area contributed by atoms with E-state index in [1.807, 2.05) is 0 Å². The molecule has 0 saturated carbocycles. The molecule has 2 heterocycles. The Labute approximate surface area is 107 Å². The molecule has 0 amide bonds. The Morgan fingerprint density at radius 1 is 1.50 bits per heavy atom. The summed E-state index contributed by atoms with van der Waals surface area (Å²) in [6, 6.07) is 0. The summed E-state index contributed by atoms with van der Waals surface area (Å²) in [5.74, 6) is 0. The number of nitrogens with one attached hydrogen (secondary N) is 1. The highest BCUT2D eigenvalue weighted by molar-refractivity contribution is 7.71. The second-order valence-electron chi connectivity index (χ2n) is 4.21. The van der Waals surface area contributed by atoms with Gasteiger partial charge in [0, 0.05) is 11.8 Å². The van der Waals surface area contributed by atoms with Crippen LogP contribution in [-0.2, 0) is 4.74 Å². The van der Waals surface area contributed by atoms with Gasteiger partial charge < -0.3 is 20.1 Å². The van der Waals surface area contributed by atoms with E-state index in [0.717, 1.165) is 0 Å². The minimum absolute atomic E-state index is 0.0837. The number of aromatic amines is 1. The zero-order chi connectivity index (χ0) is 13.4. The maximum atomic E-state index is 11.3. The quantitative estimate of drug-likeness (QED) is 0.506. The van der Waals surface area contributed by atoms with Gasteiger partial charge in [-0.15, -0.1) is 0 Å². The molecule has 1 aliphatic rings. The van der Waals surface area contributed by atoms with Crippen LogP contribution in [0.2, 0.25) is 0 Å². The van der Waals surface area contributed by atoms with Gasteiger partial charge in [-0.3, -0.25) is 14.3 Å². The van der Waals surface area contributed by atoms with Gasteiger partial charge in [0.15, 0.2) is 11.0 Å². The SMILES string of the molecule is Cc1cn([C@@H]2O[C@@H](CO)[C@@H](O)[C@@H]2O)c(=S)[nH]c1=O. The van der Waals surface area contributed by atoms with E-state index in [1.54, 1.807) is 6.92 Å². The topological polar surface area (TPSA) is 108 Å². The molecule has 1 saturated heterocycles. The Kier molecular flexibility index (Phi) is 3.64. The molecule has 1 aromatic rings. The molecule has 0 spiro atoms. The van der Waals surface area contributed by atoms with Crippen molar-refractivity contribution in [2.45, 2.75) is 31.5 Å². The standard InChI is InChI=1S/C10H14N2O5S/c1-4-2-12(10(18)11-8(4)16)9-7(15)6(14)5(3-13)17-9/h2,5-7,9,13-15H,3H2,1H3,(H,11,16,18)/t5-,6+,7-,9+/m0/s1. The lowest BCUT2D eigenvalue weighted by atomic mass is 10.1. The fourth-order valence-corrected chi connectivity index (χ4v) is 2.13. The van der Waals surface area contributed by atoms with E-state index in [1.165, 1.54) is 10.8 Å². The predicted molar refractivity (Wildman–Crippen MR) is 63.6 cm³/mol. The number of rotatable bonds is 2. The van der Waals surface area contributed by atoms with Crippen molar-refractivity contribution in [1.82, 2.24) is 9.55 Å². The number of hydrogen-bond acceptors (Lipinski definition) is 6. The van der Waals surface area contributed by atoms with E-state index in [4.69, 9.17) is 22.1 Å². The van der Waals surface area contributed by atoms with E-state index in [9.17, 15) is 15.0 Å². The molecule has 1 fully saturated rings. The number of aliphatic hydroxyl groups is 3. The molecule has 1 aliphatic heterocycles. The lowest BCUT2D eigenvalue weighted by Crippen LogP contribution is -2.33. The maximum Gasteiger partial charge on any atom is 0.254 e. The highest BCUT2D eigenvalue weighted by atomic mass is 32.1. The van der Waals surface area contributed by atoms with E-state index < -0.39 is 31.1 Å². The molecular weight excluding hydrogens is 260 g/mol. The number of aromatic nitrogens is 2. The summed E-state index contributed by atoms with van der Waals surface area (Å²) in [5, 5.41) is 28.5. The number of H-pyrrole nitrogens is 1. The van der Waals surface area contributed by atoms with Crippen molar-refractivity contribution in [2.24, 2.45) is 0 Å². The van der Waals surface area contributed by atoms with Crippen LogP contribution < -0.4 is 5.56 Å². The van der Waals surface area contributed by atoms with Crippen molar-refractivity contribution >= 4 is 12.2 Å². The number of nitrogens with zero attached hydrogens (tertiary/aromatic N) is 1. The lowest BCUT2D eigenvalue weighted by molar-refractivity contribution is -0.0542. The molecule has 7 nitrogen and oxygen atoms in total. The van der Waals surface area contributed by atoms with Crippen molar-refractivity contribution in [2.75, 3.05) is 6.61 Å². The molecule has 0 aromatic carbocycles. The van der Waals surface area contributed by atoms with Gasteiger partial charge in [-0.1, -0.05) is 0 Å². The minimum Gasteiger partial charge on any atom is -0.394 e. The van der Waals surface area contributed by atoms with Gasteiger partial charge in [0.25, 0.3) is 5.56 Å². The van der Waals surface area contributed by atoms with Crippen molar-refractivity contribution in [3.63, 3.8) is 0 Å². The summed E-state index contributed by atoms with van der Waals surface area (Å²) in [7, 11) is 0. The first-order valence-electron chi connectivity index (χ1n) is 5.40. The Morgan fingerprint density at radius 2 is 2.17 bits per heavy atom. The van der Waals surface area contributed by atoms with Gasteiger partial charge in [-0.05, 0) is 19.1 Å². The number of hydrogen-bond donors (Lipinski definition) is 4. The van der Waals surface area contributed by atoms with Crippen LogP contribution in [0.4, 0.5) is 0 Å². The van der Waals surface area contributed by atoms with Crippen LogP contribution in [0, 0.1) is 11.7 Å². The van der Waals surface area contributed by atoms with E-state index in [-0.39, 0.29) is 10.3 Å². The van der Waals surface area contributed by atoms with E-state index >= 15 is 0 Å². The second kappa shape index (κ2) is 4.90. The summed E-state index contributed by atoms with van der Waals surface area (Å²) >= 11 is 4.97. The summed E-state index contributed by atoms with van der Waals surface area (Å²) in [4.78, 5) is 13.8. The van der Waals surface area contributed by atoms with Crippen LogP contribution >= 0.6 is 12.2 Å². The van der Waals surface area contributed by atoms with Gasteiger partial charge in [0.1, 0.15) is 18.3 Å². The maximum absolute atomic E-state index is 11.3. The Hall–Kier alpha value is -1.06. The normalized spacial score (nSPS) is 31.8. The highest BCUT2D eigenvalue weighted by Crippen LogP contribution is 2.29. The van der Waals surface area contributed by atoms with Gasteiger partial charge >= 0.3 is 0 Å². The molecule has 2 rings (SSSR count). The van der Waals surface area contributed by atoms with Crippen LogP contribution in [0.15, 0.2) is 11.0 Å². The fourth-order valence-electron chi connectivity index (χ4n) is 1.88.